The van der Waals surface area contributed by atoms with Gasteiger partial charge in [-0.05, 0) is 49.2 Å². The summed E-state index contributed by atoms with van der Waals surface area (Å²) in [6.45, 7) is 3.76. The summed E-state index contributed by atoms with van der Waals surface area (Å²) in [6.07, 6.45) is 1.15. The van der Waals surface area contributed by atoms with Gasteiger partial charge >= 0.3 is 0 Å². The van der Waals surface area contributed by atoms with Crippen LogP contribution in [0.3, 0.4) is 0 Å². The third kappa shape index (κ3) is 5.47. The largest absolute Gasteiger partial charge is 0.376 e. The quantitative estimate of drug-likeness (QED) is 0.805. The molecule has 7 heteroatoms. The van der Waals surface area contributed by atoms with Gasteiger partial charge in [0.15, 0.2) is 9.84 Å². The fourth-order valence-electron chi connectivity index (χ4n) is 2.35. The molecular weight excluding hydrogens is 360 g/mol. The van der Waals surface area contributed by atoms with E-state index in [9.17, 15) is 13.2 Å². The van der Waals surface area contributed by atoms with E-state index in [0.717, 1.165) is 17.4 Å². The number of hydrogen-bond acceptors (Lipinski definition) is 4. The second-order valence-corrected chi connectivity index (χ2v) is 8.40. The molecule has 1 atom stereocenters. The summed E-state index contributed by atoms with van der Waals surface area (Å²) in [4.78, 5) is 12.4. The second-order valence-electron chi connectivity index (χ2n) is 5.95. The molecule has 1 amide bonds. The molecule has 0 saturated carbocycles. The number of sulfone groups is 1. The van der Waals surface area contributed by atoms with E-state index < -0.39 is 9.84 Å². The van der Waals surface area contributed by atoms with Crippen molar-refractivity contribution >= 4 is 33.0 Å². The van der Waals surface area contributed by atoms with E-state index in [1.807, 2.05) is 26.0 Å². The van der Waals surface area contributed by atoms with Crippen LogP contribution >= 0.6 is 11.6 Å². The minimum Gasteiger partial charge on any atom is -0.376 e. The van der Waals surface area contributed by atoms with Crippen LogP contribution in [-0.4, -0.2) is 27.1 Å². The molecule has 0 aliphatic rings. The topological polar surface area (TPSA) is 75.3 Å². The Labute approximate surface area is 153 Å². The standard InChI is InChI=1S/C18H21ClN2O3S/c1-12-7-8-16(25(3,23)24)10-17(12)20-11-18(22)21-13(2)14-5-4-6-15(19)9-14/h4-10,13,20H,11H2,1-3H3,(H,21,22). The Morgan fingerprint density at radius 2 is 1.92 bits per heavy atom. The number of carbonyl (C=O) groups excluding carboxylic acids is 1. The molecule has 2 N–H and O–H groups in total. The molecule has 134 valence electrons. The molecule has 0 aliphatic carbocycles. The van der Waals surface area contributed by atoms with Gasteiger partial charge in [0.2, 0.25) is 5.91 Å². The molecular formula is C18H21ClN2O3S. The molecule has 0 radical (unpaired) electrons. The molecule has 0 saturated heterocycles. The van der Waals surface area contributed by atoms with Crippen molar-refractivity contribution in [3.8, 4) is 0 Å². The first-order valence-corrected chi connectivity index (χ1v) is 10.0. The van der Waals surface area contributed by atoms with Crippen molar-refractivity contribution < 1.29 is 13.2 Å². The lowest BCUT2D eigenvalue weighted by Crippen LogP contribution is -2.32. The van der Waals surface area contributed by atoms with Crippen molar-refractivity contribution in [2.24, 2.45) is 0 Å². The van der Waals surface area contributed by atoms with Gasteiger partial charge in [-0.15, -0.1) is 0 Å². The van der Waals surface area contributed by atoms with Crippen molar-refractivity contribution in [1.29, 1.82) is 0 Å². The first kappa shape index (κ1) is 19.3. The van der Waals surface area contributed by atoms with Gasteiger partial charge in [-0.1, -0.05) is 29.8 Å². The number of benzene rings is 2. The SMILES string of the molecule is Cc1ccc(S(C)(=O)=O)cc1NCC(=O)NC(C)c1cccc(Cl)c1. The highest BCUT2D eigenvalue weighted by molar-refractivity contribution is 7.90. The summed E-state index contributed by atoms with van der Waals surface area (Å²) >= 11 is 5.96. The summed E-state index contributed by atoms with van der Waals surface area (Å²) in [7, 11) is -3.29. The summed E-state index contributed by atoms with van der Waals surface area (Å²) in [5.41, 5.74) is 2.40. The van der Waals surface area contributed by atoms with Gasteiger partial charge < -0.3 is 10.6 Å². The zero-order valence-electron chi connectivity index (χ0n) is 14.3. The van der Waals surface area contributed by atoms with Crippen LogP contribution in [0.5, 0.6) is 0 Å². The predicted octanol–water partition coefficient (Wildman–Crippen LogP) is 3.34. The Morgan fingerprint density at radius 1 is 1.20 bits per heavy atom. The minimum atomic E-state index is -3.29. The molecule has 1 unspecified atom stereocenters. The number of carbonyl (C=O) groups is 1. The summed E-state index contributed by atoms with van der Waals surface area (Å²) < 4.78 is 23.3. The van der Waals surface area contributed by atoms with Gasteiger partial charge in [0, 0.05) is 17.0 Å². The predicted molar refractivity (Wildman–Crippen MR) is 101 cm³/mol. The van der Waals surface area contributed by atoms with Crippen LogP contribution < -0.4 is 10.6 Å². The third-order valence-electron chi connectivity index (χ3n) is 3.80. The van der Waals surface area contributed by atoms with Crippen LogP contribution in [0.1, 0.15) is 24.1 Å². The van der Waals surface area contributed by atoms with E-state index in [0.29, 0.717) is 10.7 Å². The fraction of sp³-hybridized carbons (Fsp3) is 0.278. The lowest BCUT2D eigenvalue weighted by atomic mass is 10.1. The molecule has 2 aromatic carbocycles. The molecule has 2 aromatic rings. The molecule has 0 bridgehead atoms. The first-order chi connectivity index (χ1) is 11.7. The maximum Gasteiger partial charge on any atom is 0.239 e. The second kappa shape index (κ2) is 7.89. The highest BCUT2D eigenvalue weighted by Crippen LogP contribution is 2.20. The summed E-state index contributed by atoms with van der Waals surface area (Å²) in [6, 6.07) is 11.9. The van der Waals surface area contributed by atoms with Gasteiger partial charge in [-0.3, -0.25) is 4.79 Å². The van der Waals surface area contributed by atoms with E-state index in [4.69, 9.17) is 11.6 Å². The number of nitrogens with one attached hydrogen (secondary N) is 2. The Bertz CT molecular complexity index is 882. The van der Waals surface area contributed by atoms with E-state index in [1.165, 1.54) is 0 Å². The zero-order valence-corrected chi connectivity index (χ0v) is 15.9. The molecule has 0 aliphatic heterocycles. The molecule has 25 heavy (non-hydrogen) atoms. The highest BCUT2D eigenvalue weighted by Gasteiger charge is 2.12. The number of aryl methyl sites for hydroxylation is 1. The highest BCUT2D eigenvalue weighted by atomic mass is 35.5. The van der Waals surface area contributed by atoms with E-state index in [2.05, 4.69) is 10.6 Å². The lowest BCUT2D eigenvalue weighted by molar-refractivity contribution is -0.120. The Hall–Kier alpha value is -2.05. The molecule has 5 nitrogen and oxygen atoms in total. The van der Waals surface area contributed by atoms with Gasteiger partial charge in [0.25, 0.3) is 0 Å². The number of amides is 1. The lowest BCUT2D eigenvalue weighted by Gasteiger charge is -2.16. The van der Waals surface area contributed by atoms with Crippen LogP contribution in [0.15, 0.2) is 47.4 Å². The van der Waals surface area contributed by atoms with E-state index in [-0.39, 0.29) is 23.4 Å². The summed E-state index contributed by atoms with van der Waals surface area (Å²) in [5.74, 6) is -0.198. The number of halogens is 1. The van der Waals surface area contributed by atoms with E-state index >= 15 is 0 Å². The number of anilines is 1. The van der Waals surface area contributed by atoms with Crippen LogP contribution in [-0.2, 0) is 14.6 Å². The Kier molecular flexibility index (Phi) is 6.08. The normalized spacial score (nSPS) is 12.5. The van der Waals surface area contributed by atoms with Crippen molar-refractivity contribution in [2.75, 3.05) is 18.1 Å². The molecule has 0 heterocycles. The smallest absolute Gasteiger partial charge is 0.239 e. The van der Waals surface area contributed by atoms with E-state index in [1.54, 1.807) is 30.3 Å². The van der Waals surface area contributed by atoms with Gasteiger partial charge in [0.1, 0.15) is 0 Å². The van der Waals surface area contributed by atoms with Crippen molar-refractivity contribution in [3.63, 3.8) is 0 Å². The average molecular weight is 381 g/mol. The molecule has 0 fully saturated rings. The van der Waals surface area contributed by atoms with Crippen LogP contribution in [0.2, 0.25) is 5.02 Å². The maximum absolute atomic E-state index is 12.2. The number of rotatable bonds is 6. The average Bonchev–Trinajstić information content (AvgIpc) is 2.53. The maximum atomic E-state index is 12.2. The van der Waals surface area contributed by atoms with Gasteiger partial charge in [-0.25, -0.2) is 8.42 Å². The van der Waals surface area contributed by atoms with Crippen LogP contribution in [0.25, 0.3) is 0 Å². The van der Waals surface area contributed by atoms with Crippen molar-refractivity contribution in [3.05, 3.63) is 58.6 Å². The Balaban J connectivity index is 2.00. The Morgan fingerprint density at radius 3 is 2.56 bits per heavy atom. The first-order valence-electron chi connectivity index (χ1n) is 7.76. The van der Waals surface area contributed by atoms with Gasteiger partial charge in [0.05, 0.1) is 17.5 Å². The van der Waals surface area contributed by atoms with Crippen molar-refractivity contribution in [1.82, 2.24) is 5.32 Å². The zero-order chi connectivity index (χ0) is 18.6. The van der Waals surface area contributed by atoms with Crippen LogP contribution in [0, 0.1) is 6.92 Å². The minimum absolute atomic E-state index is 0.0406. The van der Waals surface area contributed by atoms with Crippen LogP contribution in [0.4, 0.5) is 5.69 Å². The van der Waals surface area contributed by atoms with Crippen molar-refractivity contribution in [2.45, 2.75) is 24.8 Å². The van der Waals surface area contributed by atoms with Gasteiger partial charge in [-0.2, -0.15) is 0 Å². The fourth-order valence-corrected chi connectivity index (χ4v) is 3.20. The molecule has 2 rings (SSSR count). The number of hydrogen-bond donors (Lipinski definition) is 2. The summed E-state index contributed by atoms with van der Waals surface area (Å²) in [5, 5.41) is 6.49. The molecule has 0 spiro atoms. The molecule has 0 aromatic heterocycles. The monoisotopic (exact) mass is 380 g/mol. The third-order valence-corrected chi connectivity index (χ3v) is 5.15.